The molecule has 0 aromatic rings. The first kappa shape index (κ1) is 9.81. The van der Waals surface area contributed by atoms with Crippen molar-refractivity contribution in [3.8, 4) is 0 Å². The average molecular weight is 192 g/mol. The van der Waals surface area contributed by atoms with Gasteiger partial charge in [0.25, 0.3) is 0 Å². The molecule has 0 bridgehead atoms. The molecule has 0 radical (unpaired) electrons. The van der Waals surface area contributed by atoms with Crippen molar-refractivity contribution in [3.63, 3.8) is 0 Å². The van der Waals surface area contributed by atoms with Gasteiger partial charge in [0.15, 0.2) is 0 Å². The number of ether oxygens (including phenoxy) is 1. The van der Waals surface area contributed by atoms with Crippen molar-refractivity contribution in [2.45, 2.75) is 19.4 Å². The van der Waals surface area contributed by atoms with E-state index in [1.807, 2.05) is 6.92 Å². The summed E-state index contributed by atoms with van der Waals surface area (Å²) >= 11 is 5.47. The van der Waals surface area contributed by atoms with E-state index in [1.165, 1.54) is 0 Å². The Morgan fingerprint density at radius 1 is 1.75 bits per heavy atom. The Morgan fingerprint density at radius 3 is 3.17 bits per heavy atom. The van der Waals surface area contributed by atoms with Crippen molar-refractivity contribution in [3.05, 3.63) is 0 Å². The standard InChI is InChI=1S/C8H14ClNO2/c1-7-6-12-4-2-3-10(7)8(11)5-9/h7H,2-6H2,1H3. The van der Waals surface area contributed by atoms with E-state index in [2.05, 4.69) is 0 Å². The van der Waals surface area contributed by atoms with Gasteiger partial charge in [-0.3, -0.25) is 4.79 Å². The van der Waals surface area contributed by atoms with E-state index >= 15 is 0 Å². The fourth-order valence-electron chi connectivity index (χ4n) is 1.35. The van der Waals surface area contributed by atoms with Crippen molar-refractivity contribution in [2.75, 3.05) is 25.6 Å². The molecule has 1 unspecified atom stereocenters. The van der Waals surface area contributed by atoms with E-state index < -0.39 is 0 Å². The minimum absolute atomic E-state index is 0.00895. The van der Waals surface area contributed by atoms with Crippen LogP contribution in [0, 0.1) is 0 Å². The Balaban J connectivity index is 2.52. The Labute approximate surface area is 77.6 Å². The number of nitrogens with zero attached hydrogens (tertiary/aromatic N) is 1. The fourth-order valence-corrected chi connectivity index (χ4v) is 1.50. The quantitative estimate of drug-likeness (QED) is 0.576. The molecule has 0 aromatic heterocycles. The predicted octanol–water partition coefficient (Wildman–Crippen LogP) is 0.863. The van der Waals surface area contributed by atoms with Crippen molar-refractivity contribution in [2.24, 2.45) is 0 Å². The van der Waals surface area contributed by atoms with Gasteiger partial charge in [0.1, 0.15) is 5.88 Å². The molecule has 1 aliphatic rings. The first-order chi connectivity index (χ1) is 5.75. The molecule has 1 rings (SSSR count). The molecule has 1 fully saturated rings. The van der Waals surface area contributed by atoms with Gasteiger partial charge in [0.2, 0.25) is 5.91 Å². The predicted molar refractivity (Wildman–Crippen MR) is 47.3 cm³/mol. The zero-order chi connectivity index (χ0) is 8.97. The van der Waals surface area contributed by atoms with E-state index in [1.54, 1.807) is 4.90 Å². The van der Waals surface area contributed by atoms with Gasteiger partial charge < -0.3 is 9.64 Å². The van der Waals surface area contributed by atoms with Crippen molar-refractivity contribution in [1.29, 1.82) is 0 Å². The summed E-state index contributed by atoms with van der Waals surface area (Å²) in [4.78, 5) is 13.1. The molecule has 1 amide bonds. The number of halogens is 1. The molecule has 1 saturated heterocycles. The van der Waals surface area contributed by atoms with Gasteiger partial charge in [-0.05, 0) is 13.3 Å². The van der Waals surface area contributed by atoms with Gasteiger partial charge in [-0.1, -0.05) is 0 Å². The lowest BCUT2D eigenvalue weighted by molar-refractivity contribution is -0.130. The van der Waals surface area contributed by atoms with E-state index in [-0.39, 0.29) is 17.8 Å². The van der Waals surface area contributed by atoms with Crippen LogP contribution in [0.4, 0.5) is 0 Å². The summed E-state index contributed by atoms with van der Waals surface area (Å²) in [6, 6.07) is 0.166. The maximum atomic E-state index is 11.3. The monoisotopic (exact) mass is 191 g/mol. The minimum atomic E-state index is 0.00895. The third-order valence-corrected chi connectivity index (χ3v) is 2.24. The lowest BCUT2D eigenvalue weighted by Gasteiger charge is -2.25. The van der Waals surface area contributed by atoms with Crippen LogP contribution in [0.1, 0.15) is 13.3 Å². The third kappa shape index (κ3) is 2.35. The Morgan fingerprint density at radius 2 is 2.50 bits per heavy atom. The molecule has 1 atom stereocenters. The van der Waals surface area contributed by atoms with Crippen LogP contribution in [-0.2, 0) is 9.53 Å². The second-order valence-electron chi connectivity index (χ2n) is 3.00. The number of hydrogen-bond donors (Lipinski definition) is 0. The maximum absolute atomic E-state index is 11.3. The lowest BCUT2D eigenvalue weighted by atomic mass is 10.3. The van der Waals surface area contributed by atoms with Crippen LogP contribution >= 0.6 is 11.6 Å². The first-order valence-electron chi connectivity index (χ1n) is 4.19. The summed E-state index contributed by atoms with van der Waals surface area (Å²) < 4.78 is 5.29. The highest BCUT2D eigenvalue weighted by Gasteiger charge is 2.20. The Hall–Kier alpha value is -0.280. The van der Waals surface area contributed by atoms with Crippen molar-refractivity contribution >= 4 is 17.5 Å². The van der Waals surface area contributed by atoms with Gasteiger partial charge in [-0.25, -0.2) is 0 Å². The average Bonchev–Trinajstić information content (AvgIpc) is 2.28. The molecule has 1 heterocycles. The summed E-state index contributed by atoms with van der Waals surface area (Å²) in [6.07, 6.45) is 0.910. The number of amides is 1. The van der Waals surface area contributed by atoms with E-state index in [0.29, 0.717) is 6.61 Å². The van der Waals surface area contributed by atoms with Gasteiger partial charge in [0, 0.05) is 13.2 Å². The highest BCUT2D eigenvalue weighted by molar-refractivity contribution is 6.27. The molecular weight excluding hydrogens is 178 g/mol. The largest absolute Gasteiger partial charge is 0.379 e. The molecule has 3 nitrogen and oxygen atoms in total. The summed E-state index contributed by atoms with van der Waals surface area (Å²) in [5.41, 5.74) is 0. The van der Waals surface area contributed by atoms with Crippen molar-refractivity contribution < 1.29 is 9.53 Å². The van der Waals surface area contributed by atoms with Gasteiger partial charge in [-0.15, -0.1) is 11.6 Å². The van der Waals surface area contributed by atoms with E-state index in [4.69, 9.17) is 16.3 Å². The number of carbonyl (C=O) groups excluding carboxylic acids is 1. The molecule has 0 N–H and O–H groups in total. The van der Waals surface area contributed by atoms with Gasteiger partial charge in [0.05, 0.1) is 12.6 Å². The summed E-state index contributed by atoms with van der Waals surface area (Å²) in [6.45, 7) is 4.13. The maximum Gasteiger partial charge on any atom is 0.237 e. The second-order valence-corrected chi connectivity index (χ2v) is 3.27. The molecule has 70 valence electrons. The van der Waals surface area contributed by atoms with Crippen LogP contribution < -0.4 is 0 Å². The molecule has 0 aliphatic carbocycles. The van der Waals surface area contributed by atoms with Gasteiger partial charge >= 0.3 is 0 Å². The molecule has 0 aromatic carbocycles. The van der Waals surface area contributed by atoms with E-state index in [0.717, 1.165) is 19.6 Å². The van der Waals surface area contributed by atoms with Crippen LogP contribution in [0.5, 0.6) is 0 Å². The molecular formula is C8H14ClNO2. The second kappa shape index (κ2) is 4.67. The lowest BCUT2D eigenvalue weighted by Crippen LogP contribution is -2.40. The highest BCUT2D eigenvalue weighted by atomic mass is 35.5. The van der Waals surface area contributed by atoms with Crippen LogP contribution in [-0.4, -0.2) is 42.5 Å². The number of carbonyl (C=O) groups is 1. The molecule has 0 saturated carbocycles. The highest BCUT2D eigenvalue weighted by Crippen LogP contribution is 2.07. The van der Waals surface area contributed by atoms with Gasteiger partial charge in [-0.2, -0.15) is 0 Å². The number of rotatable bonds is 1. The van der Waals surface area contributed by atoms with Crippen LogP contribution in [0.2, 0.25) is 0 Å². The normalized spacial score (nSPS) is 25.2. The Bertz CT molecular complexity index is 163. The first-order valence-corrected chi connectivity index (χ1v) is 4.72. The van der Waals surface area contributed by atoms with Crippen LogP contribution in [0.15, 0.2) is 0 Å². The SMILES string of the molecule is CC1COCCCN1C(=O)CCl. The number of alkyl halides is 1. The summed E-state index contributed by atoms with van der Waals surface area (Å²) in [7, 11) is 0. The van der Waals surface area contributed by atoms with E-state index in [9.17, 15) is 4.79 Å². The molecule has 1 aliphatic heterocycles. The topological polar surface area (TPSA) is 29.5 Å². The summed E-state index contributed by atoms with van der Waals surface area (Å²) in [5, 5.41) is 0. The van der Waals surface area contributed by atoms with Crippen LogP contribution in [0.25, 0.3) is 0 Å². The smallest absolute Gasteiger partial charge is 0.237 e. The van der Waals surface area contributed by atoms with Crippen molar-refractivity contribution in [1.82, 2.24) is 4.90 Å². The Kier molecular flexibility index (Phi) is 3.82. The summed E-state index contributed by atoms with van der Waals surface area (Å²) in [5.74, 6) is 0.0827. The zero-order valence-corrected chi connectivity index (χ0v) is 8.01. The fraction of sp³-hybridized carbons (Fsp3) is 0.875. The molecule has 12 heavy (non-hydrogen) atoms. The zero-order valence-electron chi connectivity index (χ0n) is 7.25. The molecule has 4 heteroatoms. The third-order valence-electron chi connectivity index (χ3n) is 2.01. The number of hydrogen-bond acceptors (Lipinski definition) is 2. The molecule has 0 spiro atoms. The minimum Gasteiger partial charge on any atom is -0.379 e. The van der Waals surface area contributed by atoms with Crippen LogP contribution in [0.3, 0.4) is 0 Å².